The van der Waals surface area contributed by atoms with E-state index in [1.807, 2.05) is 51.1 Å². The molecule has 0 saturated carbocycles. The fourth-order valence-electron chi connectivity index (χ4n) is 2.86. The van der Waals surface area contributed by atoms with Gasteiger partial charge in [0.15, 0.2) is 6.29 Å². The Morgan fingerprint density at radius 2 is 1.91 bits per heavy atom. The van der Waals surface area contributed by atoms with Crippen LogP contribution in [0.5, 0.6) is 0 Å². The van der Waals surface area contributed by atoms with Crippen molar-refractivity contribution in [3.8, 4) is 0 Å². The second-order valence-corrected chi connectivity index (χ2v) is 7.27. The van der Waals surface area contributed by atoms with Crippen molar-refractivity contribution in [2.75, 3.05) is 0 Å². The summed E-state index contributed by atoms with van der Waals surface area (Å²) in [5, 5.41) is 0. The highest BCUT2D eigenvalue weighted by Gasteiger charge is 2.51. The molecule has 126 valence electrons. The topological polar surface area (TPSA) is 55.8 Å². The number of aldehydes is 1. The van der Waals surface area contributed by atoms with E-state index in [0.29, 0.717) is 6.42 Å². The first kappa shape index (κ1) is 17.5. The van der Waals surface area contributed by atoms with Crippen LogP contribution < -0.4 is 0 Å². The Hall–Kier alpha value is -1.88. The molecule has 1 saturated heterocycles. The fraction of sp³-hybridized carbons (Fsp3) is 0.556. The molecule has 5 nitrogen and oxygen atoms in total. The highest BCUT2D eigenvalue weighted by molar-refractivity contribution is 5.72. The minimum atomic E-state index is -0.895. The number of nitrogens with zero attached hydrogens (tertiary/aromatic N) is 1. The number of rotatable bonds is 3. The predicted molar refractivity (Wildman–Crippen MR) is 87.0 cm³/mol. The highest BCUT2D eigenvalue weighted by Crippen LogP contribution is 2.34. The Morgan fingerprint density at radius 3 is 2.43 bits per heavy atom. The molecule has 0 aromatic heterocycles. The first-order valence-electron chi connectivity index (χ1n) is 7.83. The van der Waals surface area contributed by atoms with Crippen LogP contribution in [0.1, 0.15) is 40.2 Å². The maximum Gasteiger partial charge on any atom is 0.412 e. The molecule has 0 radical (unpaired) electrons. The molecule has 1 aliphatic rings. The molecule has 23 heavy (non-hydrogen) atoms. The summed E-state index contributed by atoms with van der Waals surface area (Å²) in [6, 6.07) is 9.36. The van der Waals surface area contributed by atoms with Crippen molar-refractivity contribution in [3.63, 3.8) is 0 Å². The molecule has 2 rings (SSSR count). The van der Waals surface area contributed by atoms with E-state index in [0.717, 1.165) is 11.8 Å². The normalized spacial score (nSPS) is 23.6. The standard InChI is InChI=1S/C18H25NO4/c1-17(2,3)23-16(21)19-14(11-13-9-7-6-8-10-13)15(12-20)22-18(19,4)5/h6-10,12,14-15H,11H2,1-5H3. The summed E-state index contributed by atoms with van der Waals surface area (Å²) in [5.41, 5.74) is -0.462. The molecule has 1 aromatic carbocycles. The highest BCUT2D eigenvalue weighted by atomic mass is 16.6. The largest absolute Gasteiger partial charge is 0.444 e. The summed E-state index contributed by atoms with van der Waals surface area (Å²) >= 11 is 0. The first-order valence-corrected chi connectivity index (χ1v) is 7.83. The second kappa shape index (κ2) is 6.32. The van der Waals surface area contributed by atoms with E-state index < -0.39 is 23.5 Å². The minimum absolute atomic E-state index is 0.389. The minimum Gasteiger partial charge on any atom is -0.444 e. The van der Waals surface area contributed by atoms with Crippen LogP contribution in [0.15, 0.2) is 30.3 Å². The van der Waals surface area contributed by atoms with Gasteiger partial charge in [-0.2, -0.15) is 0 Å². The van der Waals surface area contributed by atoms with Gasteiger partial charge in [-0.05, 0) is 46.6 Å². The third-order valence-corrected chi connectivity index (χ3v) is 3.73. The number of carbonyl (C=O) groups excluding carboxylic acids is 2. The lowest BCUT2D eigenvalue weighted by Gasteiger charge is -2.35. The number of carbonyl (C=O) groups is 2. The van der Waals surface area contributed by atoms with Gasteiger partial charge in [-0.1, -0.05) is 30.3 Å². The van der Waals surface area contributed by atoms with Crippen LogP contribution in [-0.4, -0.2) is 40.8 Å². The Bertz CT molecular complexity index is 562. The number of hydrogen-bond donors (Lipinski definition) is 0. The molecule has 1 amide bonds. The zero-order valence-electron chi connectivity index (χ0n) is 14.4. The van der Waals surface area contributed by atoms with Crippen LogP contribution in [0.4, 0.5) is 4.79 Å². The van der Waals surface area contributed by atoms with Crippen molar-refractivity contribution in [1.29, 1.82) is 0 Å². The zero-order valence-corrected chi connectivity index (χ0v) is 14.4. The average Bonchev–Trinajstić information content (AvgIpc) is 2.68. The predicted octanol–water partition coefficient (Wildman–Crippen LogP) is 3.17. The van der Waals surface area contributed by atoms with Gasteiger partial charge in [0, 0.05) is 0 Å². The van der Waals surface area contributed by atoms with Gasteiger partial charge in [-0.3, -0.25) is 4.90 Å². The lowest BCUT2D eigenvalue weighted by Crippen LogP contribution is -2.51. The monoisotopic (exact) mass is 319 g/mol. The summed E-state index contributed by atoms with van der Waals surface area (Å²) in [6.07, 6.45) is 0.164. The van der Waals surface area contributed by atoms with Crippen molar-refractivity contribution < 1.29 is 19.1 Å². The number of ether oxygens (including phenoxy) is 2. The van der Waals surface area contributed by atoms with Gasteiger partial charge in [-0.25, -0.2) is 4.79 Å². The van der Waals surface area contributed by atoms with Crippen LogP contribution in [0.2, 0.25) is 0 Å². The summed E-state index contributed by atoms with van der Waals surface area (Å²) < 4.78 is 11.3. The SMILES string of the molecule is CC(C)(C)OC(=O)N1C(Cc2ccccc2)C(C=O)OC1(C)C. The van der Waals surface area contributed by atoms with Gasteiger partial charge >= 0.3 is 6.09 Å². The molecular formula is C18H25NO4. The second-order valence-electron chi connectivity index (χ2n) is 7.27. The summed E-state index contributed by atoms with van der Waals surface area (Å²) in [5.74, 6) is 0. The molecule has 1 aliphatic heterocycles. The van der Waals surface area contributed by atoms with E-state index >= 15 is 0 Å². The van der Waals surface area contributed by atoms with Gasteiger partial charge in [0.1, 0.15) is 17.4 Å². The van der Waals surface area contributed by atoms with Crippen LogP contribution >= 0.6 is 0 Å². The Labute approximate surface area is 137 Å². The van der Waals surface area contributed by atoms with E-state index in [4.69, 9.17) is 9.47 Å². The van der Waals surface area contributed by atoms with Crippen LogP contribution in [-0.2, 0) is 20.7 Å². The van der Waals surface area contributed by atoms with Crippen molar-refractivity contribution in [2.45, 2.75) is 64.5 Å². The molecule has 2 atom stereocenters. The molecule has 0 bridgehead atoms. The zero-order chi connectivity index (χ0) is 17.3. The summed E-state index contributed by atoms with van der Waals surface area (Å²) in [4.78, 5) is 25.6. The maximum atomic E-state index is 12.6. The molecule has 1 fully saturated rings. The number of amides is 1. The van der Waals surface area contributed by atoms with E-state index in [9.17, 15) is 9.59 Å². The quantitative estimate of drug-likeness (QED) is 0.803. The van der Waals surface area contributed by atoms with Crippen molar-refractivity contribution >= 4 is 12.4 Å². The summed E-state index contributed by atoms with van der Waals surface area (Å²) in [6.45, 7) is 9.01. The van der Waals surface area contributed by atoms with Gasteiger partial charge < -0.3 is 14.3 Å². The Morgan fingerprint density at radius 1 is 1.30 bits per heavy atom. The molecule has 1 heterocycles. The van der Waals surface area contributed by atoms with Gasteiger partial charge in [0.2, 0.25) is 0 Å². The molecule has 2 unspecified atom stereocenters. The smallest absolute Gasteiger partial charge is 0.412 e. The van der Waals surface area contributed by atoms with E-state index in [1.54, 1.807) is 18.7 Å². The van der Waals surface area contributed by atoms with E-state index in [-0.39, 0.29) is 6.04 Å². The van der Waals surface area contributed by atoms with Crippen LogP contribution in [0.25, 0.3) is 0 Å². The molecular weight excluding hydrogens is 294 g/mol. The Kier molecular flexibility index (Phi) is 4.80. The van der Waals surface area contributed by atoms with Crippen molar-refractivity contribution in [1.82, 2.24) is 4.90 Å². The summed E-state index contributed by atoms with van der Waals surface area (Å²) in [7, 11) is 0. The molecule has 0 spiro atoms. The molecule has 0 N–H and O–H groups in total. The van der Waals surface area contributed by atoms with E-state index in [2.05, 4.69) is 0 Å². The third-order valence-electron chi connectivity index (χ3n) is 3.73. The molecule has 1 aromatic rings. The molecule has 0 aliphatic carbocycles. The van der Waals surface area contributed by atoms with Crippen molar-refractivity contribution in [2.24, 2.45) is 0 Å². The lowest BCUT2D eigenvalue weighted by molar-refractivity contribution is -0.124. The van der Waals surface area contributed by atoms with Crippen LogP contribution in [0.3, 0.4) is 0 Å². The average molecular weight is 319 g/mol. The first-order chi connectivity index (χ1) is 10.6. The lowest BCUT2D eigenvalue weighted by atomic mass is 10.0. The van der Waals surface area contributed by atoms with Gasteiger partial charge in [-0.15, -0.1) is 0 Å². The van der Waals surface area contributed by atoms with Crippen molar-refractivity contribution in [3.05, 3.63) is 35.9 Å². The van der Waals surface area contributed by atoms with E-state index in [1.165, 1.54) is 0 Å². The third kappa shape index (κ3) is 4.10. The fourth-order valence-corrected chi connectivity index (χ4v) is 2.86. The van der Waals surface area contributed by atoms with Crippen LogP contribution in [0, 0.1) is 0 Å². The number of benzene rings is 1. The van der Waals surface area contributed by atoms with Gasteiger partial charge in [0.25, 0.3) is 0 Å². The number of hydrogen-bond acceptors (Lipinski definition) is 4. The van der Waals surface area contributed by atoms with Gasteiger partial charge in [0.05, 0.1) is 6.04 Å². The maximum absolute atomic E-state index is 12.6. The Balaban J connectivity index is 2.29. The molecule has 5 heteroatoms.